The summed E-state index contributed by atoms with van der Waals surface area (Å²) in [5, 5.41) is 0.677. The van der Waals surface area contributed by atoms with Crippen molar-refractivity contribution in [1.29, 1.82) is 0 Å². The summed E-state index contributed by atoms with van der Waals surface area (Å²) in [7, 11) is 1.64. The summed E-state index contributed by atoms with van der Waals surface area (Å²) in [6.45, 7) is 3.37. The fraction of sp³-hybridized carbons (Fsp3) is 0.227. The van der Waals surface area contributed by atoms with Gasteiger partial charge in [0.15, 0.2) is 5.13 Å². The summed E-state index contributed by atoms with van der Waals surface area (Å²) in [4.78, 5) is 24.0. The first-order valence-electron chi connectivity index (χ1n) is 9.54. The van der Waals surface area contributed by atoms with Crippen LogP contribution in [0.4, 0.5) is 5.13 Å². The van der Waals surface area contributed by atoms with E-state index in [0.717, 1.165) is 33.2 Å². The highest BCUT2D eigenvalue weighted by atomic mass is 79.9. The second-order valence-electron chi connectivity index (χ2n) is 6.88. The second-order valence-corrected chi connectivity index (χ2v) is 8.77. The molecule has 0 radical (unpaired) electrons. The van der Waals surface area contributed by atoms with E-state index < -0.39 is 0 Å². The Kier molecular flexibility index (Phi) is 6.15. The van der Waals surface area contributed by atoms with E-state index in [0.29, 0.717) is 23.0 Å². The molecular weight excluding hydrogens is 464 g/mol. The van der Waals surface area contributed by atoms with Gasteiger partial charge >= 0.3 is 0 Å². The van der Waals surface area contributed by atoms with E-state index in [1.807, 2.05) is 54.1 Å². The molecule has 0 atom stereocenters. The van der Waals surface area contributed by atoms with Crippen molar-refractivity contribution in [3.8, 4) is 5.75 Å². The number of aryl methyl sites for hydroxylation is 2. The van der Waals surface area contributed by atoms with E-state index in [4.69, 9.17) is 9.72 Å². The number of rotatable bonds is 7. The number of amides is 1. The highest BCUT2D eigenvalue weighted by Gasteiger charge is 2.22. The Balaban J connectivity index is 1.68. The third-order valence-electron chi connectivity index (χ3n) is 4.84. The van der Waals surface area contributed by atoms with Crippen LogP contribution in [0.3, 0.4) is 0 Å². The Labute approximate surface area is 187 Å². The number of methoxy groups -OCH3 is 1. The third kappa shape index (κ3) is 4.24. The van der Waals surface area contributed by atoms with Crippen LogP contribution in [0.5, 0.6) is 5.75 Å². The Hall–Kier alpha value is -2.71. The molecule has 0 saturated heterocycles. The van der Waals surface area contributed by atoms with Gasteiger partial charge in [0.25, 0.3) is 5.91 Å². The summed E-state index contributed by atoms with van der Waals surface area (Å²) in [5.74, 6) is 0.649. The number of hydrogen-bond donors (Lipinski definition) is 0. The average molecular weight is 485 g/mol. The molecule has 8 heteroatoms. The molecule has 2 aromatic heterocycles. The first-order valence-corrected chi connectivity index (χ1v) is 11.1. The molecule has 0 fully saturated rings. The van der Waals surface area contributed by atoms with E-state index in [-0.39, 0.29) is 5.91 Å². The summed E-state index contributed by atoms with van der Waals surface area (Å²) < 4.78 is 9.47. The number of carbonyl (C=O) groups is 1. The van der Waals surface area contributed by atoms with Crippen LogP contribution in [-0.2, 0) is 6.54 Å². The van der Waals surface area contributed by atoms with Gasteiger partial charge in [0.2, 0.25) is 0 Å². The molecule has 4 rings (SSSR count). The number of nitrogens with zero attached hydrogens (tertiary/aromatic N) is 4. The van der Waals surface area contributed by atoms with E-state index >= 15 is 0 Å². The molecule has 4 aromatic rings. The summed E-state index contributed by atoms with van der Waals surface area (Å²) in [6, 6.07) is 11.3. The maximum absolute atomic E-state index is 13.4. The molecule has 0 unspecified atom stereocenters. The van der Waals surface area contributed by atoms with Crippen molar-refractivity contribution < 1.29 is 9.53 Å². The third-order valence-corrected chi connectivity index (χ3v) is 6.58. The van der Waals surface area contributed by atoms with Gasteiger partial charge in [-0.25, -0.2) is 9.97 Å². The number of imidazole rings is 1. The zero-order valence-electron chi connectivity index (χ0n) is 16.7. The average Bonchev–Trinajstić information content (AvgIpc) is 3.42. The van der Waals surface area contributed by atoms with Crippen molar-refractivity contribution in [2.45, 2.75) is 19.9 Å². The molecule has 30 heavy (non-hydrogen) atoms. The molecule has 0 aliphatic heterocycles. The van der Waals surface area contributed by atoms with Crippen LogP contribution >= 0.6 is 27.3 Å². The van der Waals surface area contributed by atoms with Crippen LogP contribution in [0.1, 0.15) is 22.3 Å². The predicted octanol–water partition coefficient (Wildman–Crippen LogP) is 5.31. The second kappa shape index (κ2) is 8.97. The number of benzene rings is 2. The fourth-order valence-electron chi connectivity index (χ4n) is 3.24. The summed E-state index contributed by atoms with van der Waals surface area (Å²) in [5.41, 5.74) is 2.54. The van der Waals surface area contributed by atoms with Crippen molar-refractivity contribution in [1.82, 2.24) is 14.5 Å². The van der Waals surface area contributed by atoms with Crippen molar-refractivity contribution in [2.24, 2.45) is 0 Å². The molecule has 1 amide bonds. The molecular formula is C22H21BrN4O2S. The molecule has 0 aliphatic rings. The minimum absolute atomic E-state index is 0.0659. The van der Waals surface area contributed by atoms with Gasteiger partial charge in [-0.3, -0.25) is 9.69 Å². The van der Waals surface area contributed by atoms with Gasteiger partial charge in [-0.05, 0) is 49.2 Å². The topological polar surface area (TPSA) is 60.2 Å². The Morgan fingerprint density at radius 2 is 2.03 bits per heavy atom. The van der Waals surface area contributed by atoms with Crippen LogP contribution < -0.4 is 9.64 Å². The Morgan fingerprint density at radius 3 is 2.73 bits per heavy atom. The largest absolute Gasteiger partial charge is 0.494 e. The number of halogens is 1. The van der Waals surface area contributed by atoms with E-state index in [1.165, 1.54) is 11.3 Å². The molecule has 0 aliphatic carbocycles. The highest BCUT2D eigenvalue weighted by molar-refractivity contribution is 9.10. The number of fused-ring (bicyclic) bond motifs is 1. The van der Waals surface area contributed by atoms with Crippen LogP contribution in [0, 0.1) is 6.92 Å². The minimum Gasteiger partial charge on any atom is -0.494 e. The van der Waals surface area contributed by atoms with E-state index in [1.54, 1.807) is 24.5 Å². The van der Waals surface area contributed by atoms with Crippen molar-refractivity contribution in [3.05, 3.63) is 70.7 Å². The van der Waals surface area contributed by atoms with Gasteiger partial charge in [-0.15, -0.1) is 0 Å². The monoisotopic (exact) mass is 484 g/mol. The summed E-state index contributed by atoms with van der Waals surface area (Å²) in [6.07, 6.45) is 6.25. The number of ether oxygens (including phenoxy) is 1. The normalized spacial score (nSPS) is 11.0. The molecule has 0 N–H and O–H groups in total. The van der Waals surface area contributed by atoms with Gasteiger partial charge < -0.3 is 9.30 Å². The highest BCUT2D eigenvalue weighted by Crippen LogP contribution is 2.37. The number of aromatic nitrogens is 3. The Morgan fingerprint density at radius 1 is 1.23 bits per heavy atom. The zero-order valence-corrected chi connectivity index (χ0v) is 19.1. The van der Waals surface area contributed by atoms with Crippen LogP contribution in [0.2, 0.25) is 0 Å². The van der Waals surface area contributed by atoms with E-state index in [9.17, 15) is 4.79 Å². The number of carbonyl (C=O) groups excluding carboxylic acids is 1. The molecule has 2 heterocycles. The predicted molar refractivity (Wildman–Crippen MR) is 124 cm³/mol. The smallest absolute Gasteiger partial charge is 0.260 e. The quantitative estimate of drug-likeness (QED) is 0.356. The first kappa shape index (κ1) is 20.6. The van der Waals surface area contributed by atoms with Gasteiger partial charge in [-0.2, -0.15) is 0 Å². The van der Waals surface area contributed by atoms with Crippen molar-refractivity contribution >= 4 is 48.5 Å². The lowest BCUT2D eigenvalue weighted by atomic mass is 10.2. The number of thiazole rings is 1. The SMILES string of the molecule is COc1ccc(C)c2sc(N(CCCn3ccnc3)C(=O)c3ccc(Br)cc3)nc12. The van der Waals surface area contributed by atoms with Crippen LogP contribution in [0.25, 0.3) is 10.2 Å². The number of anilines is 1. The lowest BCUT2D eigenvalue weighted by Crippen LogP contribution is -2.32. The number of hydrogen-bond acceptors (Lipinski definition) is 5. The van der Waals surface area contributed by atoms with Crippen LogP contribution in [0.15, 0.2) is 59.6 Å². The van der Waals surface area contributed by atoms with E-state index in [2.05, 4.69) is 20.9 Å². The lowest BCUT2D eigenvalue weighted by molar-refractivity contribution is 0.0986. The maximum Gasteiger partial charge on any atom is 0.260 e. The molecule has 0 spiro atoms. The first-order chi connectivity index (χ1) is 14.6. The van der Waals surface area contributed by atoms with Crippen molar-refractivity contribution in [3.63, 3.8) is 0 Å². The maximum atomic E-state index is 13.4. The van der Waals surface area contributed by atoms with Gasteiger partial charge in [0.1, 0.15) is 11.3 Å². The van der Waals surface area contributed by atoms with Gasteiger partial charge in [-0.1, -0.05) is 33.3 Å². The standard InChI is InChI=1S/C22H21BrN4O2S/c1-15-4-9-18(29-2)19-20(15)30-22(25-19)27(12-3-11-26-13-10-24-14-26)21(28)16-5-7-17(23)8-6-16/h4-10,13-14H,3,11-12H2,1-2H3. The van der Waals surface area contributed by atoms with Crippen molar-refractivity contribution in [2.75, 3.05) is 18.6 Å². The minimum atomic E-state index is -0.0659. The summed E-state index contributed by atoms with van der Waals surface area (Å²) >= 11 is 4.95. The van der Waals surface area contributed by atoms with Crippen LogP contribution in [-0.4, -0.2) is 34.1 Å². The molecule has 6 nitrogen and oxygen atoms in total. The zero-order chi connectivity index (χ0) is 21.1. The lowest BCUT2D eigenvalue weighted by Gasteiger charge is -2.20. The molecule has 2 aromatic carbocycles. The van der Waals surface area contributed by atoms with Gasteiger partial charge in [0, 0.05) is 35.5 Å². The molecule has 0 saturated carbocycles. The molecule has 0 bridgehead atoms. The fourth-order valence-corrected chi connectivity index (χ4v) is 4.58. The molecule has 154 valence electrons. The Bertz CT molecular complexity index is 1160. The van der Waals surface area contributed by atoms with Gasteiger partial charge in [0.05, 0.1) is 18.1 Å².